The predicted octanol–water partition coefficient (Wildman–Crippen LogP) is 5.14. The molecule has 5 aliphatic carbocycles. The van der Waals surface area contributed by atoms with Crippen molar-refractivity contribution >= 4 is 17.7 Å². The Morgan fingerprint density at radius 3 is 2.46 bits per heavy atom. The molecule has 9 fully saturated rings. The monoisotopic (exact) mass is 967 g/mol. The average molecular weight is 967 g/mol. The van der Waals surface area contributed by atoms with Crippen molar-refractivity contribution in [1.82, 2.24) is 10.6 Å². The molecule has 19 atom stereocenters. The number of carbonyl (C=O) groups excluding carboxylic acids is 3. The van der Waals surface area contributed by atoms with Crippen LogP contribution in [0.4, 0.5) is 0 Å². The van der Waals surface area contributed by atoms with Gasteiger partial charge in [0.25, 0.3) is 0 Å². The number of furan rings is 1. The first-order valence-electron chi connectivity index (χ1n) is 26.8. The lowest BCUT2D eigenvalue weighted by Gasteiger charge is -2.70. The summed E-state index contributed by atoms with van der Waals surface area (Å²) in [6.45, 7) is 7.12. The number of ether oxygens (including phenoxy) is 4. The Labute approximate surface area is 411 Å². The molecule has 12 rings (SSSR count). The largest absolute Gasteiger partial charge is 0.469 e. The van der Waals surface area contributed by atoms with Gasteiger partial charge >= 0.3 is 11.9 Å². The van der Waals surface area contributed by atoms with Crippen molar-refractivity contribution in [2.75, 3.05) is 33.0 Å². The topological polar surface area (TPSA) is 210 Å². The molecule has 70 heavy (non-hydrogen) atoms. The molecule has 14 nitrogen and oxygen atoms in total. The van der Waals surface area contributed by atoms with Crippen molar-refractivity contribution in [2.45, 2.75) is 152 Å². The van der Waals surface area contributed by atoms with Gasteiger partial charge in [-0.05, 0) is 125 Å². The minimum Gasteiger partial charge on any atom is -0.469 e. The number of fused-ring (bicyclic) bond motifs is 2. The van der Waals surface area contributed by atoms with Crippen LogP contribution < -0.4 is 10.6 Å². The molecule has 0 bridgehead atoms. The molecule has 1 aromatic carbocycles. The molecule has 4 saturated carbocycles. The van der Waals surface area contributed by atoms with Crippen LogP contribution in [0.5, 0.6) is 0 Å². The Balaban J connectivity index is 0.979. The Morgan fingerprint density at radius 2 is 1.73 bits per heavy atom. The zero-order chi connectivity index (χ0) is 48.6. The highest BCUT2D eigenvalue weighted by molar-refractivity contribution is 5.93. The first-order chi connectivity index (χ1) is 33.7. The summed E-state index contributed by atoms with van der Waals surface area (Å²) in [7, 11) is 0. The number of cyclic esters (lactones) is 2. The average Bonchev–Trinajstić information content (AvgIpc) is 3.82. The van der Waals surface area contributed by atoms with E-state index in [9.17, 15) is 30.0 Å². The Morgan fingerprint density at radius 1 is 0.900 bits per heavy atom. The van der Waals surface area contributed by atoms with E-state index in [0.29, 0.717) is 68.2 Å². The molecule has 1 aromatic heterocycles. The fourth-order valence-electron chi connectivity index (χ4n) is 18.4. The SMILES string of the molecule is CC1(C)OC2C3(CCC(CO)C3)C(=O)OCC23C1C(=O)C(O)C1(C2CCCC(Cc4ccccc4)C2)C3CCC2(C)C(c3ccoc3CC(C(O)CO)C3C=CC(C4CNCN4)CC3)OC(=O)C3OC321. The van der Waals surface area contributed by atoms with E-state index in [2.05, 4.69) is 54.0 Å². The quantitative estimate of drug-likeness (QED) is 0.0980. The maximum absolute atomic E-state index is 16.0. The number of hydrogen-bond acceptors (Lipinski definition) is 14. The molecular weight excluding hydrogens is 893 g/mol. The number of rotatable bonds is 11. The Hall–Kier alpha value is -3.47. The van der Waals surface area contributed by atoms with Crippen LogP contribution in [-0.4, -0.2) is 113 Å². The summed E-state index contributed by atoms with van der Waals surface area (Å²) in [5.74, 6) is -2.15. The third kappa shape index (κ3) is 6.48. The minimum absolute atomic E-state index is 0.0339. The fourth-order valence-corrected chi connectivity index (χ4v) is 18.4. The summed E-state index contributed by atoms with van der Waals surface area (Å²) >= 11 is 0. The van der Waals surface area contributed by atoms with Crippen LogP contribution in [0.1, 0.15) is 114 Å². The zero-order valence-electron chi connectivity index (χ0n) is 41.1. The summed E-state index contributed by atoms with van der Waals surface area (Å²) < 4.78 is 34.0. The van der Waals surface area contributed by atoms with E-state index in [1.807, 2.05) is 26.0 Å². The predicted molar refractivity (Wildman–Crippen MR) is 253 cm³/mol. The van der Waals surface area contributed by atoms with Gasteiger partial charge in [0.05, 0.1) is 42.0 Å². The maximum atomic E-state index is 16.0. The summed E-state index contributed by atoms with van der Waals surface area (Å²) in [6, 6.07) is 12.7. The Kier molecular flexibility index (Phi) is 11.6. The first-order valence-corrected chi connectivity index (χ1v) is 26.8. The number of allylic oxidation sites excluding steroid dienone is 1. The van der Waals surface area contributed by atoms with Crippen LogP contribution in [0.3, 0.4) is 0 Å². The van der Waals surface area contributed by atoms with Gasteiger partial charge in [0.2, 0.25) is 0 Å². The van der Waals surface area contributed by atoms with Crippen molar-refractivity contribution in [3.8, 4) is 0 Å². The van der Waals surface area contributed by atoms with Gasteiger partial charge in [0, 0.05) is 60.0 Å². The lowest BCUT2D eigenvalue weighted by Crippen LogP contribution is -2.80. The standard InChI is InChI=1S/C56H74N2O12/c1-51(2)44-43(62)45(63)55(36-11-7-10-32(23-36)22-31-8-5-4-6-9-31)42(54(44)29-67-50(65)53(49(54)70-51)20-16-33(25-53)27-59)17-19-52(3)46(68-48(64)47-56(52,55)69-47)37-18-21-66-41(37)24-38(40(61)28-60)34-12-14-35(15-13-34)39-26-57-30-58-39/h4-6,8-9,12,14,18,21,32-36,38-40,42,44-47,49,57-61,63H,7,10-11,13,15-17,19-20,22-30H2,1-3H3. The van der Waals surface area contributed by atoms with Crippen LogP contribution in [-0.2, 0) is 46.2 Å². The lowest BCUT2D eigenvalue weighted by molar-refractivity contribution is -0.285. The second-order valence-corrected chi connectivity index (χ2v) is 24.5. The van der Waals surface area contributed by atoms with Gasteiger partial charge < -0.3 is 49.1 Å². The van der Waals surface area contributed by atoms with Crippen LogP contribution >= 0.6 is 0 Å². The van der Waals surface area contributed by atoms with Crippen LogP contribution in [0.15, 0.2) is 59.2 Å². The van der Waals surface area contributed by atoms with Crippen LogP contribution in [0, 0.1) is 69.0 Å². The maximum Gasteiger partial charge on any atom is 0.339 e. The van der Waals surface area contributed by atoms with E-state index in [1.54, 1.807) is 6.26 Å². The van der Waals surface area contributed by atoms with E-state index < -0.39 is 93.7 Å². The van der Waals surface area contributed by atoms with Gasteiger partial charge in [-0.15, -0.1) is 0 Å². The van der Waals surface area contributed by atoms with Crippen molar-refractivity contribution in [1.29, 1.82) is 0 Å². The summed E-state index contributed by atoms with van der Waals surface area (Å²) in [5.41, 5.74) is -4.98. The molecule has 6 heterocycles. The second kappa shape index (κ2) is 17.0. The highest BCUT2D eigenvalue weighted by atomic mass is 16.7. The molecule has 0 amide bonds. The molecule has 0 radical (unpaired) electrons. The number of Topliss-reactive ketones (excluding diaryl/α,β-unsaturated/α-hetero) is 1. The molecule has 10 aliphatic rings. The van der Waals surface area contributed by atoms with Crippen LogP contribution in [0.2, 0.25) is 0 Å². The first kappa shape index (κ1) is 47.5. The summed E-state index contributed by atoms with van der Waals surface area (Å²) in [6.07, 6.45) is 9.48. The number of esters is 2. The van der Waals surface area contributed by atoms with Crippen molar-refractivity contribution in [3.63, 3.8) is 0 Å². The molecule has 14 heteroatoms. The smallest absolute Gasteiger partial charge is 0.339 e. The highest BCUT2D eigenvalue weighted by Crippen LogP contribution is 2.83. The molecule has 5 aliphatic heterocycles. The van der Waals surface area contributed by atoms with Gasteiger partial charge in [0.1, 0.15) is 30.2 Å². The van der Waals surface area contributed by atoms with E-state index in [4.69, 9.17) is 23.4 Å². The van der Waals surface area contributed by atoms with Gasteiger partial charge in [-0.3, -0.25) is 14.9 Å². The zero-order valence-corrected chi connectivity index (χ0v) is 41.1. The fraction of sp³-hybridized carbons (Fsp3) is 0.732. The molecule has 5 saturated heterocycles. The lowest BCUT2D eigenvalue weighted by atomic mass is 9.32. The minimum atomic E-state index is -1.53. The van der Waals surface area contributed by atoms with E-state index in [-0.39, 0.29) is 55.1 Å². The number of aliphatic hydroxyl groups excluding tert-OH is 4. The van der Waals surface area contributed by atoms with E-state index >= 15 is 4.79 Å². The van der Waals surface area contributed by atoms with Gasteiger partial charge in [-0.25, -0.2) is 4.79 Å². The molecular formula is C56H74N2O12. The summed E-state index contributed by atoms with van der Waals surface area (Å²) in [4.78, 5) is 45.5. The van der Waals surface area contributed by atoms with Gasteiger partial charge in [-0.1, -0.05) is 62.2 Å². The molecule has 6 N–H and O–H groups in total. The number of hydrogen-bond donors (Lipinski definition) is 6. The number of benzene rings is 1. The van der Waals surface area contributed by atoms with Gasteiger partial charge in [-0.2, -0.15) is 0 Å². The number of nitrogens with one attached hydrogen (secondary N) is 2. The third-order valence-corrected chi connectivity index (χ3v) is 21.1. The van der Waals surface area contributed by atoms with Gasteiger partial charge in [0.15, 0.2) is 11.9 Å². The number of aliphatic hydroxyl groups is 4. The Bertz CT molecular complexity index is 2380. The van der Waals surface area contributed by atoms with E-state index in [0.717, 1.165) is 45.3 Å². The normalized spacial score (nSPS) is 46.5. The number of ketones is 1. The number of carbonyl (C=O) groups is 3. The molecule has 380 valence electrons. The molecule has 2 aromatic rings. The molecule has 3 spiro atoms. The third-order valence-electron chi connectivity index (χ3n) is 21.1. The van der Waals surface area contributed by atoms with E-state index in [1.165, 1.54) is 5.56 Å². The van der Waals surface area contributed by atoms with Crippen molar-refractivity contribution in [2.24, 2.45) is 69.0 Å². The molecule has 19 unspecified atom stereocenters. The summed E-state index contributed by atoms with van der Waals surface area (Å²) in [5, 5.41) is 53.1. The number of epoxide rings is 1. The van der Waals surface area contributed by atoms with Crippen molar-refractivity contribution in [3.05, 3.63) is 71.7 Å². The van der Waals surface area contributed by atoms with Crippen LogP contribution in [0.25, 0.3) is 0 Å². The highest BCUT2D eigenvalue weighted by Gasteiger charge is 2.93. The second-order valence-electron chi connectivity index (χ2n) is 24.5. The van der Waals surface area contributed by atoms with Crippen molar-refractivity contribution < 1.29 is 58.2 Å².